The molecule has 1 aromatic heterocycles. The van der Waals surface area contributed by atoms with E-state index in [-0.39, 0.29) is 37.6 Å². The summed E-state index contributed by atoms with van der Waals surface area (Å²) in [5.74, 6) is -1.89. The summed E-state index contributed by atoms with van der Waals surface area (Å²) in [6.07, 6.45) is 1.24. The molecule has 0 aliphatic rings. The molecule has 0 bridgehead atoms. The molecule has 0 aliphatic carbocycles. The number of anilines is 2. The molecule has 3 amide bonds. The zero-order valence-electron chi connectivity index (χ0n) is 19.5. The van der Waals surface area contributed by atoms with Gasteiger partial charge in [0.05, 0.1) is 6.61 Å². The van der Waals surface area contributed by atoms with E-state index >= 15 is 0 Å². The van der Waals surface area contributed by atoms with Crippen molar-refractivity contribution in [3.8, 4) is 0 Å². The molecule has 1 unspecified atom stereocenters. The molecule has 0 radical (unpaired) electrons. The molecule has 8 nitrogen and oxygen atoms in total. The van der Waals surface area contributed by atoms with Gasteiger partial charge in [-0.25, -0.2) is 9.37 Å². The highest BCUT2D eigenvalue weighted by atomic mass is 32.1. The molecule has 0 fully saturated rings. The largest absolute Gasteiger partial charge is 0.383 e. The number of amides is 3. The van der Waals surface area contributed by atoms with Crippen molar-refractivity contribution in [3.05, 3.63) is 77.1 Å². The van der Waals surface area contributed by atoms with Crippen LogP contribution in [0.5, 0.6) is 0 Å². The first-order chi connectivity index (χ1) is 16.9. The quantitative estimate of drug-likeness (QED) is 0.391. The summed E-state index contributed by atoms with van der Waals surface area (Å²) in [6, 6.07) is 11.6. The van der Waals surface area contributed by atoms with Crippen LogP contribution in [0.3, 0.4) is 0 Å². The van der Waals surface area contributed by atoms with E-state index < -0.39 is 23.7 Å². The SMILES string of the molecule is COCCNC(=O)C(c1ccc(C)cc1)N(C(=O)CCC(=O)Nc1nccs1)c1cccc(F)c1. The summed E-state index contributed by atoms with van der Waals surface area (Å²) in [5.41, 5.74) is 1.74. The molecular formula is C25H27FN4O4S. The van der Waals surface area contributed by atoms with Gasteiger partial charge in [0.15, 0.2) is 5.13 Å². The van der Waals surface area contributed by atoms with Crippen molar-refractivity contribution in [1.29, 1.82) is 0 Å². The minimum Gasteiger partial charge on any atom is -0.383 e. The molecule has 3 rings (SSSR count). The Morgan fingerprint density at radius 2 is 1.91 bits per heavy atom. The number of ether oxygens (including phenoxy) is 1. The summed E-state index contributed by atoms with van der Waals surface area (Å²) < 4.78 is 19.2. The maximum absolute atomic E-state index is 14.2. The van der Waals surface area contributed by atoms with E-state index in [1.165, 1.54) is 41.5 Å². The molecular weight excluding hydrogens is 471 g/mol. The fraction of sp³-hybridized carbons (Fsp3) is 0.280. The van der Waals surface area contributed by atoms with Gasteiger partial charge >= 0.3 is 0 Å². The van der Waals surface area contributed by atoms with E-state index in [1.807, 2.05) is 19.1 Å². The highest BCUT2D eigenvalue weighted by molar-refractivity contribution is 7.13. The second kappa shape index (κ2) is 12.7. The van der Waals surface area contributed by atoms with Crippen LogP contribution in [0.25, 0.3) is 0 Å². The Kier molecular flexibility index (Phi) is 9.45. The monoisotopic (exact) mass is 498 g/mol. The van der Waals surface area contributed by atoms with Gasteiger partial charge in [0, 0.05) is 43.8 Å². The maximum atomic E-state index is 14.2. The van der Waals surface area contributed by atoms with Crippen molar-refractivity contribution >= 4 is 39.9 Å². The van der Waals surface area contributed by atoms with Crippen molar-refractivity contribution in [1.82, 2.24) is 10.3 Å². The predicted octanol–water partition coefficient (Wildman–Crippen LogP) is 3.85. The van der Waals surface area contributed by atoms with Gasteiger partial charge in [-0.15, -0.1) is 11.3 Å². The first kappa shape index (κ1) is 26.0. The number of carbonyl (C=O) groups excluding carboxylic acids is 3. The Morgan fingerprint density at radius 1 is 1.14 bits per heavy atom. The third kappa shape index (κ3) is 7.43. The lowest BCUT2D eigenvalue weighted by atomic mass is 10.0. The Morgan fingerprint density at radius 3 is 2.57 bits per heavy atom. The molecule has 2 aromatic carbocycles. The molecule has 35 heavy (non-hydrogen) atoms. The Balaban J connectivity index is 1.91. The lowest BCUT2D eigenvalue weighted by Crippen LogP contribution is -2.45. The number of rotatable bonds is 11. The number of methoxy groups -OCH3 is 1. The molecule has 1 heterocycles. The van der Waals surface area contributed by atoms with Crippen molar-refractivity contribution in [2.24, 2.45) is 0 Å². The van der Waals surface area contributed by atoms with Crippen molar-refractivity contribution in [2.75, 3.05) is 30.5 Å². The van der Waals surface area contributed by atoms with Crippen LogP contribution in [0.2, 0.25) is 0 Å². The number of aromatic nitrogens is 1. The summed E-state index contributed by atoms with van der Waals surface area (Å²) in [7, 11) is 1.52. The first-order valence-corrected chi connectivity index (χ1v) is 11.9. The van der Waals surface area contributed by atoms with Gasteiger partial charge in [-0.3, -0.25) is 19.3 Å². The van der Waals surface area contributed by atoms with E-state index in [1.54, 1.807) is 29.8 Å². The second-order valence-corrected chi connectivity index (χ2v) is 8.62. The number of benzene rings is 2. The molecule has 0 saturated carbocycles. The van der Waals surface area contributed by atoms with Crippen LogP contribution >= 0.6 is 11.3 Å². The maximum Gasteiger partial charge on any atom is 0.247 e. The third-order valence-corrected chi connectivity index (χ3v) is 5.79. The van der Waals surface area contributed by atoms with E-state index in [0.717, 1.165) is 5.56 Å². The van der Waals surface area contributed by atoms with E-state index in [9.17, 15) is 18.8 Å². The number of hydrogen-bond acceptors (Lipinski definition) is 6. The first-order valence-electron chi connectivity index (χ1n) is 11.0. The van der Waals surface area contributed by atoms with Crippen LogP contribution < -0.4 is 15.5 Å². The number of nitrogens with zero attached hydrogens (tertiary/aromatic N) is 2. The zero-order chi connectivity index (χ0) is 25.2. The molecule has 184 valence electrons. The molecule has 3 aromatic rings. The predicted molar refractivity (Wildman–Crippen MR) is 133 cm³/mol. The number of nitrogens with one attached hydrogen (secondary N) is 2. The average molecular weight is 499 g/mol. The van der Waals surface area contributed by atoms with Crippen LogP contribution in [-0.2, 0) is 19.1 Å². The fourth-order valence-corrected chi connectivity index (χ4v) is 3.96. The summed E-state index contributed by atoms with van der Waals surface area (Å²) in [4.78, 5) is 44.4. The van der Waals surface area contributed by atoms with E-state index in [2.05, 4.69) is 15.6 Å². The molecule has 10 heteroatoms. The lowest BCUT2D eigenvalue weighted by molar-refractivity contribution is -0.127. The molecule has 2 N–H and O–H groups in total. The fourth-order valence-electron chi connectivity index (χ4n) is 3.41. The number of thiazole rings is 1. The zero-order valence-corrected chi connectivity index (χ0v) is 20.3. The van der Waals surface area contributed by atoms with Crippen LogP contribution in [0.15, 0.2) is 60.1 Å². The van der Waals surface area contributed by atoms with Crippen molar-refractivity contribution in [3.63, 3.8) is 0 Å². The number of carbonyl (C=O) groups is 3. The van der Waals surface area contributed by atoms with Crippen LogP contribution in [0.1, 0.15) is 30.0 Å². The van der Waals surface area contributed by atoms with Crippen LogP contribution in [0, 0.1) is 12.7 Å². The van der Waals surface area contributed by atoms with Crippen molar-refractivity contribution < 1.29 is 23.5 Å². The molecule has 1 atom stereocenters. The minimum absolute atomic E-state index is 0.129. The van der Waals surface area contributed by atoms with Crippen LogP contribution in [-0.4, -0.2) is 43.0 Å². The van der Waals surface area contributed by atoms with E-state index in [0.29, 0.717) is 10.7 Å². The Labute approximate surface area is 207 Å². The molecule has 0 saturated heterocycles. The van der Waals surface area contributed by atoms with Gasteiger partial charge in [0.2, 0.25) is 17.7 Å². The van der Waals surface area contributed by atoms with Crippen LogP contribution in [0.4, 0.5) is 15.2 Å². The highest BCUT2D eigenvalue weighted by Crippen LogP contribution is 2.30. The lowest BCUT2D eigenvalue weighted by Gasteiger charge is -2.31. The molecule has 0 aliphatic heterocycles. The Bertz CT molecular complexity index is 1140. The number of halogens is 1. The third-order valence-electron chi connectivity index (χ3n) is 5.10. The average Bonchev–Trinajstić information content (AvgIpc) is 3.35. The number of aryl methyl sites for hydroxylation is 1. The standard InChI is InChI=1S/C25H27FN4O4S/c1-17-6-8-18(9-7-17)23(24(33)27-12-14-34-2)30(20-5-3-4-19(26)16-20)22(32)11-10-21(31)29-25-28-13-15-35-25/h3-9,13,15-16,23H,10-12,14H2,1-2H3,(H,27,33)(H,28,29,31). The van der Waals surface area contributed by atoms with Gasteiger partial charge in [0.25, 0.3) is 0 Å². The van der Waals surface area contributed by atoms with Gasteiger partial charge in [-0.05, 0) is 30.7 Å². The normalized spacial score (nSPS) is 11.5. The van der Waals surface area contributed by atoms with E-state index in [4.69, 9.17) is 4.74 Å². The summed E-state index contributed by atoms with van der Waals surface area (Å²) in [5, 5.41) is 7.56. The highest BCUT2D eigenvalue weighted by Gasteiger charge is 2.33. The van der Waals surface area contributed by atoms with Crippen molar-refractivity contribution in [2.45, 2.75) is 25.8 Å². The van der Waals surface area contributed by atoms with Gasteiger partial charge in [-0.2, -0.15) is 0 Å². The van der Waals surface area contributed by atoms with Gasteiger partial charge in [0.1, 0.15) is 11.9 Å². The summed E-state index contributed by atoms with van der Waals surface area (Å²) in [6.45, 7) is 2.43. The smallest absolute Gasteiger partial charge is 0.247 e. The topological polar surface area (TPSA) is 101 Å². The van der Waals surface area contributed by atoms with Gasteiger partial charge < -0.3 is 15.4 Å². The molecule has 0 spiro atoms. The summed E-state index contributed by atoms with van der Waals surface area (Å²) >= 11 is 1.26. The van der Waals surface area contributed by atoms with Gasteiger partial charge in [-0.1, -0.05) is 35.9 Å². The Hall–Kier alpha value is -3.63. The minimum atomic E-state index is -1.08. The number of hydrogen-bond donors (Lipinski definition) is 2. The second-order valence-electron chi connectivity index (χ2n) is 7.73.